The Kier molecular flexibility index (Phi) is 7.82. The Morgan fingerprint density at radius 2 is 1.56 bits per heavy atom. The van der Waals surface area contributed by atoms with Crippen LogP contribution in [-0.2, 0) is 4.79 Å². The second-order valence-corrected chi connectivity index (χ2v) is 6.24. The zero-order chi connectivity index (χ0) is 19.6. The van der Waals surface area contributed by atoms with Crippen molar-refractivity contribution in [2.75, 3.05) is 13.2 Å². The van der Waals surface area contributed by atoms with Crippen LogP contribution < -0.4 is 15.4 Å². The normalized spacial score (nSPS) is 10.1. The summed E-state index contributed by atoms with van der Waals surface area (Å²) in [7, 11) is 0. The molecule has 2 rings (SSSR count). The fraction of sp³-hybridized carbons (Fsp3) is 0.250. The number of amides is 3. The average Bonchev–Trinajstić information content (AvgIpc) is 2.67. The predicted molar refractivity (Wildman–Crippen MR) is 103 cm³/mol. The number of carbonyl (C=O) groups excluding carboxylic acids is 3. The summed E-state index contributed by atoms with van der Waals surface area (Å²) in [6.07, 6.45) is 1.80. The number of carbonyl (C=O) groups is 3. The highest BCUT2D eigenvalue weighted by atomic mass is 35.5. The molecule has 0 aliphatic heterocycles. The molecule has 2 aromatic rings. The quantitative estimate of drug-likeness (QED) is 0.534. The molecule has 0 spiro atoms. The van der Waals surface area contributed by atoms with Crippen molar-refractivity contribution in [3.05, 3.63) is 64.7 Å². The van der Waals surface area contributed by atoms with Gasteiger partial charge in [-0.2, -0.15) is 0 Å². The summed E-state index contributed by atoms with van der Waals surface area (Å²) < 4.78 is 5.33. The van der Waals surface area contributed by atoms with Crippen molar-refractivity contribution in [1.29, 1.82) is 0 Å². The second-order valence-electron chi connectivity index (χ2n) is 5.81. The van der Waals surface area contributed by atoms with Crippen molar-refractivity contribution in [3.8, 4) is 5.75 Å². The molecule has 0 radical (unpaired) electrons. The minimum Gasteiger partial charge on any atom is -0.484 e. The van der Waals surface area contributed by atoms with Crippen molar-refractivity contribution in [2.24, 2.45) is 0 Å². The third-order valence-electron chi connectivity index (χ3n) is 3.66. The lowest BCUT2D eigenvalue weighted by atomic mass is 10.0. The highest BCUT2D eigenvalue weighted by molar-refractivity contribution is 6.30. The third kappa shape index (κ3) is 6.75. The van der Waals surface area contributed by atoms with Crippen LogP contribution in [0.5, 0.6) is 5.75 Å². The van der Waals surface area contributed by atoms with E-state index in [4.69, 9.17) is 16.3 Å². The summed E-state index contributed by atoms with van der Waals surface area (Å²) in [5.41, 5.74) is 1.02. The molecule has 6 nitrogen and oxygen atoms in total. The van der Waals surface area contributed by atoms with Crippen LogP contribution in [0.25, 0.3) is 0 Å². The van der Waals surface area contributed by atoms with Gasteiger partial charge in [-0.25, -0.2) is 4.79 Å². The molecular formula is C20H21ClN2O4. The maximum absolute atomic E-state index is 12.4. The predicted octanol–water partition coefficient (Wildman–Crippen LogP) is 3.58. The fourth-order valence-electron chi connectivity index (χ4n) is 2.20. The molecule has 2 aromatic carbocycles. The Balaban J connectivity index is 1.83. The molecule has 3 amide bonds. The summed E-state index contributed by atoms with van der Waals surface area (Å²) >= 11 is 5.82. The third-order valence-corrected chi connectivity index (χ3v) is 3.91. The fourth-order valence-corrected chi connectivity index (χ4v) is 2.33. The number of halogens is 1. The molecule has 7 heteroatoms. The van der Waals surface area contributed by atoms with Gasteiger partial charge in [-0.15, -0.1) is 0 Å². The number of hydrogen-bond acceptors (Lipinski definition) is 4. The summed E-state index contributed by atoms with van der Waals surface area (Å²) in [6, 6.07) is 12.5. The molecule has 0 heterocycles. The van der Waals surface area contributed by atoms with Crippen LogP contribution in [-0.4, -0.2) is 30.9 Å². The first kappa shape index (κ1) is 20.5. The molecule has 2 N–H and O–H groups in total. The number of ether oxygens (including phenoxy) is 1. The standard InChI is InChI=1S/C20H21ClN2O4/c1-2-3-12-22-20(26)23-18(24)13-27-17-10-6-15(7-11-17)19(25)14-4-8-16(21)9-5-14/h4-11H,2-3,12-13H2,1H3,(H2,22,23,24,26). The molecule has 0 atom stereocenters. The Bertz CT molecular complexity index is 789. The molecular weight excluding hydrogens is 368 g/mol. The van der Waals surface area contributed by atoms with E-state index in [1.54, 1.807) is 48.5 Å². The van der Waals surface area contributed by atoms with Gasteiger partial charge in [0.15, 0.2) is 12.4 Å². The zero-order valence-corrected chi connectivity index (χ0v) is 15.7. The van der Waals surface area contributed by atoms with Gasteiger partial charge in [-0.1, -0.05) is 24.9 Å². The van der Waals surface area contributed by atoms with E-state index in [1.165, 1.54) is 0 Å². The molecule has 0 fully saturated rings. The Morgan fingerprint density at radius 3 is 2.15 bits per heavy atom. The van der Waals surface area contributed by atoms with E-state index in [9.17, 15) is 14.4 Å². The summed E-state index contributed by atoms with van der Waals surface area (Å²) in [4.78, 5) is 35.5. The molecule has 0 aliphatic carbocycles. The smallest absolute Gasteiger partial charge is 0.321 e. The second kappa shape index (κ2) is 10.3. The van der Waals surface area contributed by atoms with Crippen molar-refractivity contribution in [1.82, 2.24) is 10.6 Å². The van der Waals surface area contributed by atoms with Gasteiger partial charge in [-0.05, 0) is 55.0 Å². The number of imide groups is 1. The van der Waals surface area contributed by atoms with Crippen molar-refractivity contribution >= 4 is 29.3 Å². The van der Waals surface area contributed by atoms with E-state index in [0.717, 1.165) is 12.8 Å². The molecule has 0 bridgehead atoms. The Labute approximate surface area is 162 Å². The average molecular weight is 389 g/mol. The van der Waals surface area contributed by atoms with Crippen LogP contribution in [0.3, 0.4) is 0 Å². The number of rotatable bonds is 8. The van der Waals surface area contributed by atoms with Crippen LogP contribution in [0, 0.1) is 0 Å². The topological polar surface area (TPSA) is 84.5 Å². The lowest BCUT2D eigenvalue weighted by molar-refractivity contribution is -0.122. The first-order chi connectivity index (χ1) is 13.0. The first-order valence-electron chi connectivity index (χ1n) is 8.60. The SMILES string of the molecule is CCCCNC(=O)NC(=O)COc1ccc(C(=O)c2ccc(Cl)cc2)cc1. The maximum Gasteiger partial charge on any atom is 0.321 e. The Morgan fingerprint density at radius 1 is 0.963 bits per heavy atom. The van der Waals surface area contributed by atoms with Crippen LogP contribution in [0.15, 0.2) is 48.5 Å². The van der Waals surface area contributed by atoms with E-state index in [-0.39, 0.29) is 12.4 Å². The van der Waals surface area contributed by atoms with Crippen molar-refractivity contribution < 1.29 is 19.1 Å². The van der Waals surface area contributed by atoms with E-state index in [2.05, 4.69) is 10.6 Å². The molecule has 0 aliphatic rings. The maximum atomic E-state index is 12.4. The minimum absolute atomic E-state index is 0.139. The van der Waals surface area contributed by atoms with E-state index >= 15 is 0 Å². The zero-order valence-electron chi connectivity index (χ0n) is 15.0. The van der Waals surface area contributed by atoms with Gasteiger partial charge in [-0.3, -0.25) is 14.9 Å². The summed E-state index contributed by atoms with van der Waals surface area (Å²) in [5.74, 6) is -0.269. The molecule has 142 valence electrons. The lowest BCUT2D eigenvalue weighted by Crippen LogP contribution is -2.41. The van der Waals surface area contributed by atoms with Gasteiger partial charge in [0.25, 0.3) is 5.91 Å². The molecule has 0 saturated carbocycles. The number of hydrogen-bond donors (Lipinski definition) is 2. The molecule has 0 unspecified atom stereocenters. The number of ketones is 1. The van der Waals surface area contributed by atoms with Gasteiger partial charge in [0.05, 0.1) is 0 Å². The van der Waals surface area contributed by atoms with Crippen LogP contribution in [0.2, 0.25) is 5.02 Å². The van der Waals surface area contributed by atoms with Crippen LogP contribution >= 0.6 is 11.6 Å². The van der Waals surface area contributed by atoms with Crippen molar-refractivity contribution in [3.63, 3.8) is 0 Å². The summed E-state index contributed by atoms with van der Waals surface area (Å²) in [6.45, 7) is 2.22. The number of nitrogens with one attached hydrogen (secondary N) is 2. The van der Waals surface area contributed by atoms with E-state index in [0.29, 0.717) is 28.4 Å². The summed E-state index contributed by atoms with van der Waals surface area (Å²) in [5, 5.41) is 5.33. The number of unbranched alkanes of at least 4 members (excludes halogenated alkanes) is 1. The highest BCUT2D eigenvalue weighted by Gasteiger charge is 2.10. The van der Waals surface area contributed by atoms with Gasteiger partial charge >= 0.3 is 6.03 Å². The first-order valence-corrected chi connectivity index (χ1v) is 8.98. The van der Waals surface area contributed by atoms with Gasteiger partial charge in [0.2, 0.25) is 0 Å². The van der Waals surface area contributed by atoms with Gasteiger partial charge in [0, 0.05) is 22.7 Å². The van der Waals surface area contributed by atoms with Crippen LogP contribution in [0.4, 0.5) is 4.79 Å². The molecule has 0 saturated heterocycles. The minimum atomic E-state index is -0.551. The van der Waals surface area contributed by atoms with E-state index < -0.39 is 11.9 Å². The highest BCUT2D eigenvalue weighted by Crippen LogP contribution is 2.17. The lowest BCUT2D eigenvalue weighted by Gasteiger charge is -2.08. The number of benzene rings is 2. The largest absolute Gasteiger partial charge is 0.484 e. The van der Waals surface area contributed by atoms with Crippen molar-refractivity contribution in [2.45, 2.75) is 19.8 Å². The molecule has 0 aromatic heterocycles. The Hall–Kier alpha value is -2.86. The van der Waals surface area contributed by atoms with Crippen LogP contribution in [0.1, 0.15) is 35.7 Å². The molecule has 27 heavy (non-hydrogen) atoms. The monoisotopic (exact) mass is 388 g/mol. The van der Waals surface area contributed by atoms with E-state index in [1.807, 2.05) is 6.92 Å². The van der Waals surface area contributed by atoms with Gasteiger partial charge in [0.1, 0.15) is 5.75 Å². The number of urea groups is 1. The van der Waals surface area contributed by atoms with Gasteiger partial charge < -0.3 is 10.1 Å².